The molecule has 28 heavy (non-hydrogen) atoms. The van der Waals surface area contributed by atoms with Crippen LogP contribution in [0.4, 0.5) is 5.69 Å². The monoisotopic (exact) mass is 397 g/mol. The highest BCUT2D eigenvalue weighted by Crippen LogP contribution is 2.35. The van der Waals surface area contributed by atoms with Gasteiger partial charge >= 0.3 is 0 Å². The van der Waals surface area contributed by atoms with E-state index < -0.39 is 0 Å². The average Bonchev–Trinajstić information content (AvgIpc) is 3.20. The van der Waals surface area contributed by atoms with Crippen molar-refractivity contribution >= 4 is 28.8 Å². The zero-order valence-electron chi connectivity index (χ0n) is 15.8. The lowest BCUT2D eigenvalue weighted by Gasteiger charge is -2.36. The number of rotatable bonds is 4. The van der Waals surface area contributed by atoms with E-state index in [1.54, 1.807) is 0 Å². The Hall–Kier alpha value is -2.80. The first-order valence-corrected chi connectivity index (χ1v) is 9.78. The summed E-state index contributed by atoms with van der Waals surface area (Å²) in [5.41, 5.74) is 2.93. The van der Waals surface area contributed by atoms with E-state index in [9.17, 15) is 4.79 Å². The Labute approximate surface area is 170 Å². The summed E-state index contributed by atoms with van der Waals surface area (Å²) in [7, 11) is 0. The van der Waals surface area contributed by atoms with Gasteiger partial charge < -0.3 is 24.6 Å². The Morgan fingerprint density at radius 3 is 2.46 bits per heavy atom. The van der Waals surface area contributed by atoms with Gasteiger partial charge in [-0.3, -0.25) is 4.79 Å². The number of fused-ring (bicyclic) bond motifs is 1. The fourth-order valence-electron chi connectivity index (χ4n) is 3.42. The SMILES string of the molecule is CC(=S)NCc1ccc(C(=O)N2CCN(c3ccc4c(c3)OCO4)CC2)cc1. The van der Waals surface area contributed by atoms with Gasteiger partial charge in [0, 0.05) is 50.0 Å². The van der Waals surface area contributed by atoms with Crippen LogP contribution in [0.15, 0.2) is 42.5 Å². The van der Waals surface area contributed by atoms with Crippen LogP contribution in [0.1, 0.15) is 22.8 Å². The van der Waals surface area contributed by atoms with Crippen molar-refractivity contribution in [3.63, 3.8) is 0 Å². The molecule has 0 atom stereocenters. The molecule has 0 aromatic heterocycles. The number of benzene rings is 2. The topological polar surface area (TPSA) is 54.0 Å². The third-order valence-electron chi connectivity index (χ3n) is 5.03. The first kappa shape index (κ1) is 18.6. The van der Waals surface area contributed by atoms with Gasteiger partial charge in [-0.25, -0.2) is 0 Å². The normalized spacial score (nSPS) is 15.5. The van der Waals surface area contributed by atoms with Gasteiger partial charge in [-0.1, -0.05) is 24.4 Å². The maximum Gasteiger partial charge on any atom is 0.253 e. The van der Waals surface area contributed by atoms with Crippen LogP contribution in [0, 0.1) is 0 Å². The van der Waals surface area contributed by atoms with Crippen LogP contribution in [-0.2, 0) is 6.54 Å². The van der Waals surface area contributed by atoms with Crippen LogP contribution in [0.5, 0.6) is 11.5 Å². The minimum atomic E-state index is 0.0795. The minimum absolute atomic E-state index is 0.0795. The number of hydrogen-bond acceptors (Lipinski definition) is 5. The molecule has 4 rings (SSSR count). The molecule has 2 aromatic carbocycles. The van der Waals surface area contributed by atoms with E-state index in [1.165, 1.54) is 0 Å². The lowest BCUT2D eigenvalue weighted by molar-refractivity contribution is 0.0746. The Kier molecular flexibility index (Phi) is 5.34. The summed E-state index contributed by atoms with van der Waals surface area (Å²) in [5.74, 6) is 1.65. The van der Waals surface area contributed by atoms with Crippen molar-refractivity contribution in [3.8, 4) is 11.5 Å². The van der Waals surface area contributed by atoms with Gasteiger partial charge in [0.25, 0.3) is 5.91 Å². The molecule has 0 aliphatic carbocycles. The van der Waals surface area contributed by atoms with E-state index in [-0.39, 0.29) is 12.7 Å². The highest BCUT2D eigenvalue weighted by Gasteiger charge is 2.23. The molecule has 0 spiro atoms. The molecule has 146 valence electrons. The molecule has 2 aromatic rings. The lowest BCUT2D eigenvalue weighted by atomic mass is 10.1. The van der Waals surface area contributed by atoms with Crippen molar-refractivity contribution in [2.45, 2.75) is 13.5 Å². The van der Waals surface area contributed by atoms with Crippen molar-refractivity contribution in [2.75, 3.05) is 37.9 Å². The van der Waals surface area contributed by atoms with E-state index in [2.05, 4.69) is 10.2 Å². The number of piperazine rings is 1. The summed E-state index contributed by atoms with van der Waals surface area (Å²) >= 11 is 5.03. The van der Waals surface area contributed by atoms with Crippen LogP contribution < -0.4 is 19.7 Å². The fourth-order valence-corrected chi connectivity index (χ4v) is 3.50. The van der Waals surface area contributed by atoms with Gasteiger partial charge in [0.1, 0.15) is 0 Å². The second kappa shape index (κ2) is 8.06. The second-order valence-corrected chi connectivity index (χ2v) is 7.54. The third kappa shape index (κ3) is 4.04. The van der Waals surface area contributed by atoms with Crippen molar-refractivity contribution in [1.82, 2.24) is 10.2 Å². The number of anilines is 1. The molecule has 7 heteroatoms. The molecule has 1 amide bonds. The summed E-state index contributed by atoms with van der Waals surface area (Å²) in [5, 5.41) is 3.12. The van der Waals surface area contributed by atoms with E-state index in [4.69, 9.17) is 21.7 Å². The first-order chi connectivity index (χ1) is 13.6. The van der Waals surface area contributed by atoms with Crippen molar-refractivity contribution < 1.29 is 14.3 Å². The Morgan fingerprint density at radius 2 is 1.75 bits per heavy atom. The molecule has 1 fully saturated rings. The number of carbonyl (C=O) groups is 1. The summed E-state index contributed by atoms with van der Waals surface area (Å²) in [6.07, 6.45) is 0. The zero-order chi connectivity index (χ0) is 19.5. The molecule has 2 heterocycles. The number of nitrogens with one attached hydrogen (secondary N) is 1. The van der Waals surface area contributed by atoms with Crippen LogP contribution in [0.3, 0.4) is 0 Å². The Morgan fingerprint density at radius 1 is 1.04 bits per heavy atom. The fraction of sp³-hybridized carbons (Fsp3) is 0.333. The largest absolute Gasteiger partial charge is 0.454 e. The maximum absolute atomic E-state index is 12.8. The Bertz CT molecular complexity index is 877. The zero-order valence-corrected chi connectivity index (χ0v) is 16.6. The molecule has 0 radical (unpaired) electrons. The maximum atomic E-state index is 12.8. The van der Waals surface area contributed by atoms with Crippen molar-refractivity contribution in [2.24, 2.45) is 0 Å². The average molecular weight is 398 g/mol. The number of thiocarbonyl (C=S) groups is 1. The minimum Gasteiger partial charge on any atom is -0.454 e. The number of hydrogen-bond donors (Lipinski definition) is 1. The molecule has 0 unspecified atom stereocenters. The van der Waals surface area contributed by atoms with Crippen LogP contribution in [0.25, 0.3) is 0 Å². The molecule has 0 saturated carbocycles. The molecule has 1 saturated heterocycles. The molecule has 6 nitrogen and oxygen atoms in total. The first-order valence-electron chi connectivity index (χ1n) is 9.37. The highest BCUT2D eigenvalue weighted by atomic mass is 32.1. The van der Waals surface area contributed by atoms with Gasteiger partial charge in [0.2, 0.25) is 6.79 Å². The standard InChI is InChI=1S/C21H23N3O3S/c1-15(28)22-13-16-2-4-17(5-3-16)21(25)24-10-8-23(9-11-24)18-6-7-19-20(12-18)27-14-26-19/h2-7,12H,8-11,13-14H2,1H3,(H,22,28). The smallest absolute Gasteiger partial charge is 0.253 e. The molecule has 1 N–H and O–H groups in total. The van der Waals surface area contributed by atoms with E-state index in [0.717, 1.165) is 46.4 Å². The van der Waals surface area contributed by atoms with Crippen LogP contribution >= 0.6 is 12.2 Å². The van der Waals surface area contributed by atoms with Crippen LogP contribution in [0.2, 0.25) is 0 Å². The van der Waals surface area contributed by atoms with Crippen molar-refractivity contribution in [1.29, 1.82) is 0 Å². The molecule has 2 aliphatic rings. The lowest BCUT2D eigenvalue weighted by Crippen LogP contribution is -2.48. The molecular formula is C21H23N3O3S. The van der Waals surface area contributed by atoms with Gasteiger partial charge in [0.05, 0.1) is 4.99 Å². The number of carbonyl (C=O) groups excluding carboxylic acids is 1. The molecule has 2 aliphatic heterocycles. The Balaban J connectivity index is 1.34. The number of ether oxygens (including phenoxy) is 2. The van der Waals surface area contributed by atoms with E-state index in [1.807, 2.05) is 54.3 Å². The van der Waals surface area contributed by atoms with Gasteiger partial charge in [0.15, 0.2) is 11.5 Å². The van der Waals surface area contributed by atoms with Gasteiger partial charge in [-0.05, 0) is 36.8 Å². The summed E-state index contributed by atoms with van der Waals surface area (Å²) in [6, 6.07) is 13.7. The summed E-state index contributed by atoms with van der Waals surface area (Å²) in [6.45, 7) is 5.79. The van der Waals surface area contributed by atoms with E-state index >= 15 is 0 Å². The predicted octanol–water partition coefficient (Wildman–Crippen LogP) is 2.81. The highest BCUT2D eigenvalue weighted by molar-refractivity contribution is 7.80. The molecular weight excluding hydrogens is 374 g/mol. The van der Waals surface area contributed by atoms with Crippen molar-refractivity contribution in [3.05, 3.63) is 53.6 Å². The molecule has 0 bridgehead atoms. The summed E-state index contributed by atoms with van der Waals surface area (Å²) < 4.78 is 10.8. The number of amides is 1. The second-order valence-electron chi connectivity index (χ2n) is 6.92. The third-order valence-corrected chi connectivity index (χ3v) is 5.17. The van der Waals surface area contributed by atoms with Crippen LogP contribution in [-0.4, -0.2) is 48.8 Å². The van der Waals surface area contributed by atoms with E-state index in [0.29, 0.717) is 19.6 Å². The quantitative estimate of drug-likeness (QED) is 0.801. The number of nitrogens with zero attached hydrogens (tertiary/aromatic N) is 2. The van der Waals surface area contributed by atoms with Gasteiger partial charge in [-0.2, -0.15) is 0 Å². The summed E-state index contributed by atoms with van der Waals surface area (Å²) in [4.78, 5) is 17.8. The predicted molar refractivity (Wildman–Crippen MR) is 112 cm³/mol. The van der Waals surface area contributed by atoms with Gasteiger partial charge in [-0.15, -0.1) is 0 Å².